The van der Waals surface area contributed by atoms with Gasteiger partial charge in [-0.15, -0.1) is 0 Å². The zero-order valence-corrected chi connectivity index (χ0v) is 10.5. The summed E-state index contributed by atoms with van der Waals surface area (Å²) in [5.41, 5.74) is 0. The first-order valence-corrected chi connectivity index (χ1v) is 8.08. The van der Waals surface area contributed by atoms with Gasteiger partial charge in [0.1, 0.15) is 15.7 Å². The average molecular weight is 264 g/mol. The Hall–Kier alpha value is -0.750. The third-order valence-electron chi connectivity index (χ3n) is 1.90. The molecule has 0 saturated heterocycles. The average Bonchev–Trinajstić information content (AvgIpc) is 2.15. The van der Waals surface area contributed by atoms with E-state index in [1.54, 1.807) is 6.07 Å². The molecule has 6 heteroatoms. The Bertz CT molecular complexity index is 483. The van der Waals surface area contributed by atoms with Gasteiger partial charge in [0.25, 0.3) is 0 Å². The Morgan fingerprint density at radius 1 is 1.38 bits per heavy atom. The van der Waals surface area contributed by atoms with E-state index in [9.17, 15) is 17.0 Å². The molecule has 0 bridgehead atoms. The largest absolute Gasteiger partial charge is 0.254 e. The highest BCUT2D eigenvalue weighted by Crippen LogP contribution is 2.09. The van der Waals surface area contributed by atoms with Crippen molar-refractivity contribution in [1.82, 2.24) is 0 Å². The van der Waals surface area contributed by atoms with Crippen LogP contribution in [0, 0.1) is 5.82 Å². The van der Waals surface area contributed by atoms with Crippen LogP contribution < -0.4 is 0 Å². The zero-order valence-electron chi connectivity index (χ0n) is 8.85. The molecule has 0 saturated carbocycles. The topological polar surface area (TPSA) is 51.2 Å². The first kappa shape index (κ1) is 13.3. The summed E-state index contributed by atoms with van der Waals surface area (Å²) in [6, 6.07) is 5.53. The molecule has 1 rings (SSSR count). The van der Waals surface area contributed by atoms with Gasteiger partial charge < -0.3 is 0 Å². The van der Waals surface area contributed by atoms with E-state index in [4.69, 9.17) is 0 Å². The second kappa shape index (κ2) is 5.54. The minimum atomic E-state index is -3.02. The molecule has 1 unspecified atom stereocenters. The summed E-state index contributed by atoms with van der Waals surface area (Å²) in [6.07, 6.45) is 1.46. The summed E-state index contributed by atoms with van der Waals surface area (Å²) in [4.78, 5) is 0.397. The summed E-state index contributed by atoms with van der Waals surface area (Å²) < 4.78 is 46.1. The molecule has 0 aliphatic rings. The lowest BCUT2D eigenvalue weighted by Gasteiger charge is -2.01. The molecule has 0 aliphatic heterocycles. The third kappa shape index (κ3) is 4.85. The van der Waals surface area contributed by atoms with Crippen LogP contribution in [-0.4, -0.2) is 30.4 Å². The van der Waals surface area contributed by atoms with Gasteiger partial charge in [0.15, 0.2) is 0 Å². The molecule has 1 aromatic carbocycles. The number of sulfone groups is 1. The Labute approximate surface area is 97.1 Å². The minimum absolute atomic E-state index is 0.00799. The van der Waals surface area contributed by atoms with Crippen molar-refractivity contribution in [3.8, 4) is 0 Å². The summed E-state index contributed by atoms with van der Waals surface area (Å²) in [6.45, 7) is 0. The van der Waals surface area contributed by atoms with Crippen LogP contribution in [0.1, 0.15) is 6.42 Å². The van der Waals surface area contributed by atoms with Crippen molar-refractivity contribution >= 4 is 20.6 Å². The number of benzene rings is 1. The Morgan fingerprint density at radius 2 is 2.06 bits per heavy atom. The maximum absolute atomic E-state index is 12.8. The van der Waals surface area contributed by atoms with Gasteiger partial charge in [-0.2, -0.15) is 0 Å². The van der Waals surface area contributed by atoms with Crippen LogP contribution in [0.15, 0.2) is 29.2 Å². The van der Waals surface area contributed by atoms with Crippen LogP contribution in [-0.2, 0) is 20.6 Å². The van der Waals surface area contributed by atoms with Gasteiger partial charge >= 0.3 is 0 Å². The van der Waals surface area contributed by atoms with E-state index in [2.05, 4.69) is 0 Å². The number of hydrogen-bond donors (Lipinski definition) is 0. The van der Waals surface area contributed by atoms with E-state index in [0.717, 1.165) is 6.26 Å². The van der Waals surface area contributed by atoms with E-state index >= 15 is 0 Å². The molecule has 3 nitrogen and oxygen atoms in total. The predicted octanol–water partition coefficient (Wildman–Crippen LogP) is 1.37. The predicted molar refractivity (Wildman–Crippen MR) is 62.0 cm³/mol. The summed E-state index contributed by atoms with van der Waals surface area (Å²) in [5, 5.41) is 0. The minimum Gasteiger partial charge on any atom is -0.254 e. The molecule has 0 fully saturated rings. The zero-order chi connectivity index (χ0) is 12.2. The fourth-order valence-electron chi connectivity index (χ4n) is 1.18. The lowest BCUT2D eigenvalue weighted by molar-refractivity contribution is 0.600. The molecule has 0 heterocycles. The normalized spacial score (nSPS) is 13.6. The monoisotopic (exact) mass is 264 g/mol. The summed E-state index contributed by atoms with van der Waals surface area (Å²) in [5.74, 6) is -0.195. The molecule has 0 aromatic heterocycles. The van der Waals surface area contributed by atoms with Gasteiger partial charge in [0.2, 0.25) is 0 Å². The standard InChI is InChI=1S/C10H13FO3S2/c1-16(13,14)7-3-6-15(12)10-5-2-4-9(11)8-10/h2,4-5,8H,3,6-7H2,1H3. The molecule has 0 aliphatic carbocycles. The fraction of sp³-hybridized carbons (Fsp3) is 0.400. The Morgan fingerprint density at radius 3 is 2.62 bits per heavy atom. The van der Waals surface area contributed by atoms with Gasteiger partial charge in [-0.25, -0.2) is 12.8 Å². The molecule has 90 valence electrons. The Kier molecular flexibility index (Phi) is 4.61. The van der Waals surface area contributed by atoms with Gasteiger partial charge in [0.05, 0.1) is 16.6 Å². The van der Waals surface area contributed by atoms with E-state index < -0.39 is 26.5 Å². The SMILES string of the molecule is CS(=O)(=O)CCCS(=O)c1cccc(F)c1. The van der Waals surface area contributed by atoms with Gasteiger partial charge in [-0.1, -0.05) is 6.07 Å². The van der Waals surface area contributed by atoms with Gasteiger partial charge in [-0.05, 0) is 24.6 Å². The fourth-order valence-corrected chi connectivity index (χ4v) is 3.15. The number of hydrogen-bond acceptors (Lipinski definition) is 3. The van der Waals surface area contributed by atoms with Gasteiger partial charge in [-0.3, -0.25) is 4.21 Å². The molecule has 1 aromatic rings. The third-order valence-corrected chi connectivity index (χ3v) is 4.37. The quantitative estimate of drug-likeness (QED) is 0.807. The van der Waals surface area contributed by atoms with E-state index in [0.29, 0.717) is 11.3 Å². The van der Waals surface area contributed by atoms with Crippen molar-refractivity contribution in [2.24, 2.45) is 0 Å². The number of halogens is 1. The lowest BCUT2D eigenvalue weighted by atomic mass is 10.4. The van der Waals surface area contributed by atoms with Crippen molar-refractivity contribution in [1.29, 1.82) is 0 Å². The molecule has 0 N–H and O–H groups in total. The highest BCUT2D eigenvalue weighted by Gasteiger charge is 2.07. The molecule has 0 radical (unpaired) electrons. The van der Waals surface area contributed by atoms with E-state index in [-0.39, 0.29) is 11.5 Å². The maximum Gasteiger partial charge on any atom is 0.147 e. The first-order valence-electron chi connectivity index (χ1n) is 4.70. The first-order chi connectivity index (χ1) is 7.38. The molecular formula is C10H13FO3S2. The van der Waals surface area contributed by atoms with Crippen molar-refractivity contribution in [2.75, 3.05) is 17.8 Å². The molecule has 1 atom stereocenters. The van der Waals surface area contributed by atoms with Crippen LogP contribution >= 0.6 is 0 Å². The summed E-state index contributed by atoms with van der Waals surface area (Å²) in [7, 11) is -4.35. The lowest BCUT2D eigenvalue weighted by Crippen LogP contribution is -2.07. The van der Waals surface area contributed by atoms with Crippen LogP contribution in [0.2, 0.25) is 0 Å². The molecule has 16 heavy (non-hydrogen) atoms. The van der Waals surface area contributed by atoms with Crippen molar-refractivity contribution in [2.45, 2.75) is 11.3 Å². The van der Waals surface area contributed by atoms with Crippen LogP contribution in [0.3, 0.4) is 0 Å². The van der Waals surface area contributed by atoms with Crippen LogP contribution in [0.25, 0.3) is 0 Å². The maximum atomic E-state index is 12.8. The number of rotatable bonds is 5. The van der Waals surface area contributed by atoms with Crippen molar-refractivity contribution in [3.63, 3.8) is 0 Å². The molecular weight excluding hydrogens is 251 g/mol. The van der Waals surface area contributed by atoms with Crippen LogP contribution in [0.5, 0.6) is 0 Å². The van der Waals surface area contributed by atoms with Crippen molar-refractivity contribution in [3.05, 3.63) is 30.1 Å². The van der Waals surface area contributed by atoms with E-state index in [1.807, 2.05) is 0 Å². The van der Waals surface area contributed by atoms with Crippen molar-refractivity contribution < 1.29 is 17.0 Å². The second-order valence-electron chi connectivity index (χ2n) is 3.49. The highest BCUT2D eigenvalue weighted by molar-refractivity contribution is 7.90. The Balaban J connectivity index is 2.54. The van der Waals surface area contributed by atoms with E-state index in [1.165, 1.54) is 18.2 Å². The second-order valence-corrected chi connectivity index (χ2v) is 7.32. The van der Waals surface area contributed by atoms with Gasteiger partial charge in [0, 0.05) is 16.9 Å². The molecule has 0 amide bonds. The van der Waals surface area contributed by atoms with Crippen LogP contribution in [0.4, 0.5) is 4.39 Å². The molecule has 0 spiro atoms. The summed E-state index contributed by atoms with van der Waals surface area (Å²) >= 11 is 0. The highest BCUT2D eigenvalue weighted by atomic mass is 32.2. The smallest absolute Gasteiger partial charge is 0.147 e.